The van der Waals surface area contributed by atoms with Crippen molar-refractivity contribution in [2.24, 2.45) is 0 Å². The Labute approximate surface area is 151 Å². The van der Waals surface area contributed by atoms with Crippen molar-refractivity contribution < 1.29 is 4.79 Å². The van der Waals surface area contributed by atoms with E-state index >= 15 is 0 Å². The molecule has 1 aliphatic rings. The van der Waals surface area contributed by atoms with E-state index in [0.29, 0.717) is 25.1 Å². The second kappa shape index (κ2) is 7.91. The van der Waals surface area contributed by atoms with Crippen LogP contribution in [0.1, 0.15) is 42.4 Å². The Hall–Kier alpha value is -2.02. The number of nitrogens with zero attached hydrogens (tertiary/aromatic N) is 3. The smallest absolute Gasteiger partial charge is 0.345 e. The van der Waals surface area contributed by atoms with Gasteiger partial charge in [-0.1, -0.05) is 6.92 Å². The van der Waals surface area contributed by atoms with Crippen molar-refractivity contribution in [2.75, 3.05) is 6.26 Å². The summed E-state index contributed by atoms with van der Waals surface area (Å²) >= 11 is 1.65. The Kier molecular flexibility index (Phi) is 5.63. The second-order valence-corrected chi connectivity index (χ2v) is 7.18. The van der Waals surface area contributed by atoms with E-state index in [1.165, 1.54) is 0 Å². The Balaban J connectivity index is 1.64. The largest absolute Gasteiger partial charge is 0.349 e. The standard InChI is InChI=1S/C18H24N4O2S/c1-3-11-22-18(24)21-12-10-14(6-9-16(21)20-22)19-17(23)13-4-7-15(25-2)8-5-13/h4-5,7-8,14H,3,6,9-12H2,1-2H3,(H,19,23). The number of carbonyl (C=O) groups is 1. The van der Waals surface area contributed by atoms with E-state index in [-0.39, 0.29) is 17.6 Å². The van der Waals surface area contributed by atoms with Crippen LogP contribution in [0.2, 0.25) is 0 Å². The van der Waals surface area contributed by atoms with Gasteiger partial charge in [0.25, 0.3) is 5.91 Å². The zero-order valence-corrected chi connectivity index (χ0v) is 15.5. The minimum atomic E-state index is -0.0550. The minimum absolute atomic E-state index is 0.0310. The number of fused-ring (bicyclic) bond motifs is 1. The quantitative estimate of drug-likeness (QED) is 0.831. The first-order valence-electron chi connectivity index (χ1n) is 8.73. The lowest BCUT2D eigenvalue weighted by atomic mass is 10.1. The van der Waals surface area contributed by atoms with Crippen molar-refractivity contribution >= 4 is 17.7 Å². The molecule has 2 aromatic rings. The maximum Gasteiger partial charge on any atom is 0.345 e. The first-order chi connectivity index (χ1) is 12.1. The summed E-state index contributed by atoms with van der Waals surface area (Å²) in [5.74, 6) is 0.778. The highest BCUT2D eigenvalue weighted by molar-refractivity contribution is 7.98. The molecule has 0 bridgehead atoms. The summed E-state index contributed by atoms with van der Waals surface area (Å²) in [6.45, 7) is 3.30. The number of nitrogens with one attached hydrogen (secondary N) is 1. The van der Waals surface area contributed by atoms with E-state index in [9.17, 15) is 9.59 Å². The molecule has 0 spiro atoms. The van der Waals surface area contributed by atoms with E-state index in [4.69, 9.17) is 0 Å². The van der Waals surface area contributed by atoms with Gasteiger partial charge in [-0.15, -0.1) is 11.8 Å². The fourth-order valence-electron chi connectivity index (χ4n) is 3.14. The fraction of sp³-hybridized carbons (Fsp3) is 0.500. The molecule has 2 heterocycles. The molecule has 7 heteroatoms. The van der Waals surface area contributed by atoms with Crippen LogP contribution < -0.4 is 11.0 Å². The van der Waals surface area contributed by atoms with Crippen LogP contribution in [0.25, 0.3) is 0 Å². The molecule has 25 heavy (non-hydrogen) atoms. The molecule has 134 valence electrons. The molecule has 0 radical (unpaired) electrons. The van der Waals surface area contributed by atoms with Crippen molar-refractivity contribution in [1.29, 1.82) is 0 Å². The van der Waals surface area contributed by atoms with E-state index in [0.717, 1.165) is 30.0 Å². The van der Waals surface area contributed by atoms with Crippen LogP contribution in [0.15, 0.2) is 34.0 Å². The molecule has 1 aromatic carbocycles. The Bertz CT molecular complexity index is 794. The number of thioether (sulfide) groups is 1. The third-order valence-electron chi connectivity index (χ3n) is 4.54. The highest BCUT2D eigenvalue weighted by Crippen LogP contribution is 2.16. The van der Waals surface area contributed by atoms with Gasteiger partial charge in [-0.3, -0.25) is 9.36 Å². The van der Waals surface area contributed by atoms with Crippen LogP contribution in [-0.4, -0.2) is 32.6 Å². The summed E-state index contributed by atoms with van der Waals surface area (Å²) in [6.07, 6.45) is 5.17. The second-order valence-electron chi connectivity index (χ2n) is 6.30. The van der Waals surface area contributed by atoms with Gasteiger partial charge < -0.3 is 5.32 Å². The average molecular weight is 360 g/mol. The number of rotatable bonds is 5. The van der Waals surface area contributed by atoms with Gasteiger partial charge in [0, 0.05) is 36.0 Å². The monoisotopic (exact) mass is 360 g/mol. The topological polar surface area (TPSA) is 68.9 Å². The van der Waals surface area contributed by atoms with Crippen LogP contribution in [0, 0.1) is 0 Å². The molecule has 1 unspecified atom stereocenters. The van der Waals surface area contributed by atoms with Crippen molar-refractivity contribution in [1.82, 2.24) is 19.7 Å². The maximum atomic E-state index is 12.4. The molecular formula is C18H24N4O2S. The Morgan fingerprint density at radius 2 is 2.08 bits per heavy atom. The van der Waals surface area contributed by atoms with Crippen molar-refractivity contribution in [3.05, 3.63) is 46.1 Å². The molecule has 3 rings (SSSR count). The van der Waals surface area contributed by atoms with E-state index in [1.807, 2.05) is 37.4 Å². The van der Waals surface area contributed by atoms with Crippen LogP contribution >= 0.6 is 11.8 Å². The lowest BCUT2D eigenvalue weighted by Gasteiger charge is -2.16. The number of carbonyl (C=O) groups excluding carboxylic acids is 1. The van der Waals surface area contributed by atoms with Crippen LogP contribution in [0.5, 0.6) is 0 Å². The fourth-order valence-corrected chi connectivity index (χ4v) is 3.55. The first kappa shape index (κ1) is 17.8. The number of benzene rings is 1. The predicted molar refractivity (Wildman–Crippen MR) is 99.2 cm³/mol. The molecule has 1 aromatic heterocycles. The van der Waals surface area contributed by atoms with Gasteiger partial charge in [0.15, 0.2) is 0 Å². The summed E-state index contributed by atoms with van der Waals surface area (Å²) in [6, 6.07) is 7.68. The van der Waals surface area contributed by atoms with Gasteiger partial charge in [0.1, 0.15) is 5.82 Å². The molecule has 0 aliphatic carbocycles. The molecular weight excluding hydrogens is 336 g/mol. The van der Waals surface area contributed by atoms with Gasteiger partial charge in [-0.2, -0.15) is 5.10 Å². The first-order valence-corrected chi connectivity index (χ1v) is 9.96. The third kappa shape index (κ3) is 3.98. The highest BCUT2D eigenvalue weighted by atomic mass is 32.2. The maximum absolute atomic E-state index is 12.4. The summed E-state index contributed by atoms with van der Waals surface area (Å²) < 4.78 is 3.32. The van der Waals surface area contributed by atoms with Crippen LogP contribution in [0.3, 0.4) is 0 Å². The molecule has 0 fully saturated rings. The molecule has 0 saturated carbocycles. The predicted octanol–water partition coefficient (Wildman–Crippen LogP) is 2.31. The summed E-state index contributed by atoms with van der Waals surface area (Å²) in [7, 11) is 0. The van der Waals surface area contributed by atoms with E-state index < -0.39 is 0 Å². The number of hydrogen-bond donors (Lipinski definition) is 1. The minimum Gasteiger partial charge on any atom is -0.349 e. The number of aromatic nitrogens is 3. The summed E-state index contributed by atoms with van der Waals surface area (Å²) in [5, 5.41) is 7.54. The molecule has 1 aliphatic heterocycles. The molecule has 1 amide bonds. The molecule has 1 N–H and O–H groups in total. The molecule has 6 nitrogen and oxygen atoms in total. The summed E-state index contributed by atoms with van der Waals surface area (Å²) in [5.41, 5.74) is 0.640. The van der Waals surface area contributed by atoms with Crippen molar-refractivity contribution in [3.8, 4) is 0 Å². The van der Waals surface area contributed by atoms with Gasteiger partial charge in [-0.05, 0) is 49.8 Å². The summed E-state index contributed by atoms with van der Waals surface area (Å²) in [4.78, 5) is 25.9. The van der Waals surface area contributed by atoms with E-state index in [2.05, 4.69) is 10.4 Å². The normalized spacial score (nSPS) is 17.0. The number of hydrogen-bond acceptors (Lipinski definition) is 4. The van der Waals surface area contributed by atoms with Crippen LogP contribution in [-0.2, 0) is 19.5 Å². The SMILES string of the molecule is CCCn1nc2n(c1=O)CCC(NC(=O)c1ccc(SC)cc1)CC2. The van der Waals surface area contributed by atoms with Gasteiger partial charge in [0.05, 0.1) is 0 Å². The molecule has 0 saturated heterocycles. The molecule has 1 atom stereocenters. The Morgan fingerprint density at radius 1 is 1.32 bits per heavy atom. The zero-order chi connectivity index (χ0) is 17.8. The van der Waals surface area contributed by atoms with Gasteiger partial charge >= 0.3 is 5.69 Å². The lowest BCUT2D eigenvalue weighted by Crippen LogP contribution is -2.35. The Morgan fingerprint density at radius 3 is 2.76 bits per heavy atom. The van der Waals surface area contributed by atoms with Gasteiger partial charge in [-0.25, -0.2) is 9.48 Å². The van der Waals surface area contributed by atoms with Crippen LogP contribution in [0.4, 0.5) is 0 Å². The number of aryl methyl sites for hydroxylation is 2. The number of amides is 1. The van der Waals surface area contributed by atoms with Crippen molar-refractivity contribution in [2.45, 2.75) is 56.6 Å². The van der Waals surface area contributed by atoms with Gasteiger partial charge in [0.2, 0.25) is 0 Å². The third-order valence-corrected chi connectivity index (χ3v) is 5.28. The average Bonchev–Trinajstić information content (AvgIpc) is 2.80. The lowest BCUT2D eigenvalue weighted by molar-refractivity contribution is 0.0933. The van der Waals surface area contributed by atoms with Crippen molar-refractivity contribution in [3.63, 3.8) is 0 Å². The zero-order valence-electron chi connectivity index (χ0n) is 14.7. The van der Waals surface area contributed by atoms with E-state index in [1.54, 1.807) is 21.0 Å². The highest BCUT2D eigenvalue weighted by Gasteiger charge is 2.22.